The van der Waals surface area contributed by atoms with E-state index in [9.17, 15) is 0 Å². The number of nitrogens with two attached hydrogens (primary N) is 1. The third kappa shape index (κ3) is 4.21. The minimum atomic E-state index is 0.786. The van der Waals surface area contributed by atoms with Crippen molar-refractivity contribution in [3.8, 4) is 0 Å². The fourth-order valence-corrected chi connectivity index (χ4v) is 2.91. The first-order valence-corrected chi connectivity index (χ1v) is 7.14. The van der Waals surface area contributed by atoms with Gasteiger partial charge >= 0.3 is 0 Å². The second-order valence-electron chi connectivity index (χ2n) is 5.24. The summed E-state index contributed by atoms with van der Waals surface area (Å²) in [4.78, 5) is 5.24. The quantitative estimate of drug-likeness (QED) is 0.689. The van der Waals surface area contributed by atoms with Crippen molar-refractivity contribution in [2.45, 2.75) is 31.7 Å². The molecule has 2 aliphatic rings. The summed E-state index contributed by atoms with van der Waals surface area (Å²) in [6.07, 6.45) is 5.12. The Hall–Kier alpha value is -0.160. The molecule has 2 rings (SSSR count). The van der Waals surface area contributed by atoms with Crippen molar-refractivity contribution >= 4 is 0 Å². The number of ether oxygens (including phenoxy) is 1. The van der Waals surface area contributed by atoms with Gasteiger partial charge in [-0.25, -0.2) is 0 Å². The maximum atomic E-state index is 5.51. The highest BCUT2D eigenvalue weighted by atomic mass is 16.5. The SMILES string of the molecule is NCCCCCN1CCC(N2CCOCC2)C1. The maximum absolute atomic E-state index is 5.51. The Morgan fingerprint density at radius 3 is 2.65 bits per heavy atom. The van der Waals surface area contributed by atoms with Crippen molar-refractivity contribution in [3.05, 3.63) is 0 Å². The molecule has 4 heteroatoms. The Kier molecular flexibility index (Phi) is 5.71. The van der Waals surface area contributed by atoms with E-state index in [-0.39, 0.29) is 0 Å². The molecule has 2 fully saturated rings. The molecule has 4 nitrogen and oxygen atoms in total. The number of hydrogen-bond acceptors (Lipinski definition) is 4. The van der Waals surface area contributed by atoms with Crippen LogP contribution in [0.4, 0.5) is 0 Å². The molecule has 17 heavy (non-hydrogen) atoms. The van der Waals surface area contributed by atoms with Gasteiger partial charge in [0, 0.05) is 25.7 Å². The Morgan fingerprint density at radius 2 is 1.88 bits per heavy atom. The lowest BCUT2D eigenvalue weighted by Gasteiger charge is -2.32. The predicted molar refractivity (Wildman–Crippen MR) is 70.1 cm³/mol. The van der Waals surface area contributed by atoms with Gasteiger partial charge in [0.2, 0.25) is 0 Å². The molecule has 0 aliphatic carbocycles. The number of likely N-dealkylation sites (tertiary alicyclic amines) is 1. The van der Waals surface area contributed by atoms with E-state index >= 15 is 0 Å². The molecule has 0 aromatic rings. The van der Waals surface area contributed by atoms with E-state index in [0.29, 0.717) is 0 Å². The van der Waals surface area contributed by atoms with Gasteiger partial charge in [0.25, 0.3) is 0 Å². The number of rotatable bonds is 6. The van der Waals surface area contributed by atoms with Gasteiger partial charge in [-0.3, -0.25) is 4.90 Å². The Balaban J connectivity index is 1.61. The van der Waals surface area contributed by atoms with E-state index in [1.807, 2.05) is 0 Å². The zero-order valence-electron chi connectivity index (χ0n) is 10.9. The topological polar surface area (TPSA) is 41.7 Å². The molecular weight excluding hydrogens is 214 g/mol. The molecule has 0 aromatic carbocycles. The van der Waals surface area contributed by atoms with Crippen LogP contribution in [0.15, 0.2) is 0 Å². The Bertz CT molecular complexity index is 207. The lowest BCUT2D eigenvalue weighted by Crippen LogP contribution is -2.44. The van der Waals surface area contributed by atoms with Crippen LogP contribution in [-0.2, 0) is 4.74 Å². The lowest BCUT2D eigenvalue weighted by molar-refractivity contribution is 0.0185. The summed E-state index contributed by atoms with van der Waals surface area (Å²) in [7, 11) is 0. The first-order chi connectivity index (χ1) is 8.40. The molecule has 0 radical (unpaired) electrons. The molecule has 1 atom stereocenters. The zero-order chi connectivity index (χ0) is 11.9. The zero-order valence-corrected chi connectivity index (χ0v) is 10.9. The summed E-state index contributed by atoms with van der Waals surface area (Å²) in [5.74, 6) is 0. The standard InChI is InChI=1S/C13H27N3O/c14-5-2-1-3-6-15-7-4-13(12-15)16-8-10-17-11-9-16/h13H,1-12,14H2. The molecule has 2 heterocycles. The van der Waals surface area contributed by atoms with Crippen LogP contribution in [0.25, 0.3) is 0 Å². The normalized spacial score (nSPS) is 27.7. The summed E-state index contributed by atoms with van der Waals surface area (Å²) in [5, 5.41) is 0. The number of morpholine rings is 1. The van der Waals surface area contributed by atoms with Crippen molar-refractivity contribution in [3.63, 3.8) is 0 Å². The molecule has 1 unspecified atom stereocenters. The number of unbranched alkanes of at least 4 members (excludes halogenated alkanes) is 2. The molecule has 2 saturated heterocycles. The highest BCUT2D eigenvalue weighted by Gasteiger charge is 2.27. The average molecular weight is 241 g/mol. The van der Waals surface area contributed by atoms with Gasteiger partial charge in [-0.15, -0.1) is 0 Å². The smallest absolute Gasteiger partial charge is 0.0594 e. The van der Waals surface area contributed by atoms with Crippen LogP contribution < -0.4 is 5.73 Å². The van der Waals surface area contributed by atoms with Gasteiger partial charge < -0.3 is 15.4 Å². The van der Waals surface area contributed by atoms with Crippen molar-refractivity contribution < 1.29 is 4.74 Å². The van der Waals surface area contributed by atoms with E-state index in [1.165, 1.54) is 45.3 Å². The van der Waals surface area contributed by atoms with Crippen LogP contribution in [0.5, 0.6) is 0 Å². The second-order valence-corrected chi connectivity index (χ2v) is 5.24. The van der Waals surface area contributed by atoms with Crippen LogP contribution in [0, 0.1) is 0 Å². The van der Waals surface area contributed by atoms with Gasteiger partial charge in [-0.2, -0.15) is 0 Å². The van der Waals surface area contributed by atoms with Crippen LogP contribution in [0.3, 0.4) is 0 Å². The van der Waals surface area contributed by atoms with Crippen molar-refractivity contribution in [2.75, 3.05) is 52.5 Å². The molecule has 0 bridgehead atoms. The molecule has 0 aromatic heterocycles. The largest absolute Gasteiger partial charge is 0.379 e. The van der Waals surface area contributed by atoms with E-state index in [1.54, 1.807) is 0 Å². The summed E-state index contributed by atoms with van der Waals surface area (Å²) >= 11 is 0. The lowest BCUT2D eigenvalue weighted by atomic mass is 10.2. The minimum absolute atomic E-state index is 0.786. The minimum Gasteiger partial charge on any atom is -0.379 e. The van der Waals surface area contributed by atoms with Gasteiger partial charge in [0.1, 0.15) is 0 Å². The molecule has 2 aliphatic heterocycles. The fourth-order valence-electron chi connectivity index (χ4n) is 2.91. The summed E-state index contributed by atoms with van der Waals surface area (Å²) < 4.78 is 5.41. The molecule has 0 saturated carbocycles. The van der Waals surface area contributed by atoms with Crippen molar-refractivity contribution in [1.82, 2.24) is 9.80 Å². The summed E-state index contributed by atoms with van der Waals surface area (Å²) in [6, 6.07) is 0.786. The van der Waals surface area contributed by atoms with Crippen molar-refractivity contribution in [1.29, 1.82) is 0 Å². The highest BCUT2D eigenvalue weighted by molar-refractivity contribution is 4.84. The van der Waals surface area contributed by atoms with Crippen LogP contribution in [-0.4, -0.2) is 68.3 Å². The monoisotopic (exact) mass is 241 g/mol. The first kappa shape index (κ1) is 13.3. The first-order valence-electron chi connectivity index (χ1n) is 7.14. The van der Waals surface area contributed by atoms with E-state index in [2.05, 4.69) is 9.80 Å². The molecule has 2 N–H and O–H groups in total. The Labute approximate surface area is 105 Å². The molecule has 100 valence electrons. The molecule has 0 spiro atoms. The van der Waals surface area contributed by atoms with E-state index < -0.39 is 0 Å². The van der Waals surface area contributed by atoms with Crippen LogP contribution in [0.2, 0.25) is 0 Å². The third-order valence-electron chi connectivity index (χ3n) is 3.99. The van der Waals surface area contributed by atoms with Gasteiger partial charge in [-0.05, 0) is 38.9 Å². The third-order valence-corrected chi connectivity index (χ3v) is 3.99. The maximum Gasteiger partial charge on any atom is 0.0594 e. The molecular formula is C13H27N3O. The highest BCUT2D eigenvalue weighted by Crippen LogP contribution is 2.17. The Morgan fingerprint density at radius 1 is 1.06 bits per heavy atom. The second kappa shape index (κ2) is 7.31. The van der Waals surface area contributed by atoms with Crippen LogP contribution in [0.1, 0.15) is 25.7 Å². The summed E-state index contributed by atoms with van der Waals surface area (Å²) in [5.41, 5.74) is 5.51. The predicted octanol–water partition coefficient (Wildman–Crippen LogP) is 0.522. The van der Waals surface area contributed by atoms with E-state index in [0.717, 1.165) is 38.9 Å². The molecule has 0 amide bonds. The van der Waals surface area contributed by atoms with Gasteiger partial charge in [0.05, 0.1) is 13.2 Å². The fraction of sp³-hybridized carbons (Fsp3) is 1.00. The van der Waals surface area contributed by atoms with Gasteiger partial charge in [0.15, 0.2) is 0 Å². The number of hydrogen-bond donors (Lipinski definition) is 1. The average Bonchev–Trinajstić information content (AvgIpc) is 2.85. The number of nitrogens with zero attached hydrogens (tertiary/aromatic N) is 2. The van der Waals surface area contributed by atoms with E-state index in [4.69, 9.17) is 10.5 Å². The van der Waals surface area contributed by atoms with Crippen molar-refractivity contribution in [2.24, 2.45) is 5.73 Å². The summed E-state index contributed by atoms with van der Waals surface area (Å²) in [6.45, 7) is 8.77. The van der Waals surface area contributed by atoms with Crippen LogP contribution >= 0.6 is 0 Å². The van der Waals surface area contributed by atoms with Gasteiger partial charge in [-0.1, -0.05) is 6.42 Å².